The lowest BCUT2D eigenvalue weighted by Gasteiger charge is -1.99. The lowest BCUT2D eigenvalue weighted by Crippen LogP contribution is -2.05. The largest absolute Gasteiger partial charge is 0.454 e. The van der Waals surface area contributed by atoms with E-state index in [1.807, 2.05) is 53.2 Å². The SMILES string of the molecule is O=C(OCc1cn2ccccc2n1)c1csc(-c2cccc(Cl)c2)n1. The zero-order chi connectivity index (χ0) is 17.2. The van der Waals surface area contributed by atoms with Crippen molar-refractivity contribution >= 4 is 34.6 Å². The van der Waals surface area contributed by atoms with E-state index >= 15 is 0 Å². The lowest BCUT2D eigenvalue weighted by molar-refractivity contribution is 0.0462. The second-order valence-electron chi connectivity index (χ2n) is 5.32. The Bertz CT molecular complexity index is 1020. The van der Waals surface area contributed by atoms with E-state index in [2.05, 4.69) is 9.97 Å². The second kappa shape index (κ2) is 6.66. The number of esters is 1. The average molecular weight is 370 g/mol. The number of benzene rings is 1. The highest BCUT2D eigenvalue weighted by molar-refractivity contribution is 7.13. The number of nitrogens with zero attached hydrogens (tertiary/aromatic N) is 3. The van der Waals surface area contributed by atoms with Gasteiger partial charge in [0, 0.05) is 28.4 Å². The van der Waals surface area contributed by atoms with Crippen molar-refractivity contribution in [3.05, 3.63) is 76.6 Å². The fourth-order valence-corrected chi connectivity index (χ4v) is 3.37. The average Bonchev–Trinajstić information content (AvgIpc) is 3.26. The lowest BCUT2D eigenvalue weighted by atomic mass is 10.2. The summed E-state index contributed by atoms with van der Waals surface area (Å²) in [6.45, 7) is 0.102. The van der Waals surface area contributed by atoms with Gasteiger partial charge in [-0.05, 0) is 24.3 Å². The van der Waals surface area contributed by atoms with Crippen molar-refractivity contribution in [3.63, 3.8) is 0 Å². The molecule has 25 heavy (non-hydrogen) atoms. The van der Waals surface area contributed by atoms with Gasteiger partial charge in [0.1, 0.15) is 17.3 Å². The third-order valence-electron chi connectivity index (χ3n) is 3.55. The van der Waals surface area contributed by atoms with E-state index in [9.17, 15) is 4.79 Å². The summed E-state index contributed by atoms with van der Waals surface area (Å²) < 4.78 is 7.20. The number of pyridine rings is 1. The van der Waals surface area contributed by atoms with Crippen molar-refractivity contribution in [1.29, 1.82) is 0 Å². The Morgan fingerprint density at radius 1 is 1.20 bits per heavy atom. The Morgan fingerprint density at radius 3 is 2.96 bits per heavy atom. The van der Waals surface area contributed by atoms with Gasteiger partial charge in [-0.15, -0.1) is 11.3 Å². The minimum Gasteiger partial charge on any atom is -0.454 e. The molecular weight excluding hydrogens is 358 g/mol. The fourth-order valence-electron chi connectivity index (χ4n) is 2.39. The molecule has 0 aliphatic heterocycles. The molecule has 0 amide bonds. The van der Waals surface area contributed by atoms with Crippen LogP contribution in [-0.4, -0.2) is 20.3 Å². The number of fused-ring (bicyclic) bond motifs is 1. The van der Waals surface area contributed by atoms with Gasteiger partial charge in [0.2, 0.25) is 0 Å². The van der Waals surface area contributed by atoms with Crippen molar-refractivity contribution in [2.24, 2.45) is 0 Å². The van der Waals surface area contributed by atoms with Gasteiger partial charge in [0.25, 0.3) is 0 Å². The topological polar surface area (TPSA) is 56.5 Å². The Hall–Kier alpha value is -2.70. The Labute approximate surface area is 152 Å². The number of imidazole rings is 1. The first kappa shape index (κ1) is 15.8. The third kappa shape index (κ3) is 3.40. The van der Waals surface area contributed by atoms with E-state index < -0.39 is 5.97 Å². The van der Waals surface area contributed by atoms with Gasteiger partial charge in [-0.25, -0.2) is 14.8 Å². The minimum absolute atomic E-state index is 0.102. The summed E-state index contributed by atoms with van der Waals surface area (Å²) in [5, 5.41) is 3.04. The number of hydrogen-bond acceptors (Lipinski definition) is 5. The van der Waals surface area contributed by atoms with Crippen molar-refractivity contribution in [2.75, 3.05) is 0 Å². The van der Waals surface area contributed by atoms with Crippen molar-refractivity contribution in [3.8, 4) is 10.6 Å². The molecular formula is C18H12ClN3O2S. The molecule has 3 heterocycles. The zero-order valence-electron chi connectivity index (χ0n) is 12.9. The van der Waals surface area contributed by atoms with Gasteiger partial charge in [-0.1, -0.05) is 29.8 Å². The van der Waals surface area contributed by atoms with Crippen molar-refractivity contribution in [1.82, 2.24) is 14.4 Å². The van der Waals surface area contributed by atoms with E-state index in [4.69, 9.17) is 16.3 Å². The number of thiazole rings is 1. The van der Waals surface area contributed by atoms with Crippen LogP contribution in [0.4, 0.5) is 0 Å². The van der Waals surface area contributed by atoms with Crippen molar-refractivity contribution < 1.29 is 9.53 Å². The number of hydrogen-bond donors (Lipinski definition) is 0. The molecule has 1 aromatic carbocycles. The quantitative estimate of drug-likeness (QED) is 0.498. The number of halogens is 1. The Kier molecular flexibility index (Phi) is 4.21. The number of carbonyl (C=O) groups excluding carboxylic acids is 1. The van der Waals surface area contributed by atoms with Crippen molar-refractivity contribution in [2.45, 2.75) is 6.61 Å². The smallest absolute Gasteiger partial charge is 0.358 e. The van der Waals surface area contributed by atoms with Gasteiger partial charge in [-0.3, -0.25) is 0 Å². The monoisotopic (exact) mass is 369 g/mol. The number of aromatic nitrogens is 3. The maximum atomic E-state index is 12.2. The van der Waals surface area contributed by atoms with Crippen LogP contribution in [0.25, 0.3) is 16.2 Å². The molecule has 4 rings (SSSR count). The second-order valence-corrected chi connectivity index (χ2v) is 6.62. The predicted molar refractivity (Wildman–Crippen MR) is 96.9 cm³/mol. The highest BCUT2D eigenvalue weighted by Gasteiger charge is 2.14. The van der Waals surface area contributed by atoms with Crippen LogP contribution in [-0.2, 0) is 11.3 Å². The maximum absolute atomic E-state index is 12.2. The molecule has 0 saturated heterocycles. The van der Waals surface area contributed by atoms with Crippen LogP contribution in [0.1, 0.15) is 16.2 Å². The van der Waals surface area contributed by atoms with Gasteiger partial charge < -0.3 is 9.14 Å². The Morgan fingerprint density at radius 2 is 2.12 bits per heavy atom. The molecule has 5 nitrogen and oxygen atoms in total. The Balaban J connectivity index is 1.46. The molecule has 124 valence electrons. The van der Waals surface area contributed by atoms with E-state index in [1.54, 1.807) is 11.4 Å². The van der Waals surface area contributed by atoms with Crippen LogP contribution in [0, 0.1) is 0 Å². The van der Waals surface area contributed by atoms with E-state index in [1.165, 1.54) is 11.3 Å². The number of ether oxygens (including phenoxy) is 1. The molecule has 0 radical (unpaired) electrons. The summed E-state index contributed by atoms with van der Waals surface area (Å²) in [7, 11) is 0. The molecule has 3 aromatic heterocycles. The minimum atomic E-state index is -0.471. The normalized spacial score (nSPS) is 10.9. The molecule has 0 aliphatic rings. The molecule has 0 saturated carbocycles. The number of carbonyl (C=O) groups is 1. The summed E-state index contributed by atoms with van der Waals surface area (Å²) in [5.74, 6) is -0.471. The first-order valence-corrected chi connectivity index (χ1v) is 8.76. The van der Waals surface area contributed by atoms with E-state index in [-0.39, 0.29) is 12.3 Å². The molecule has 0 aliphatic carbocycles. The highest BCUT2D eigenvalue weighted by atomic mass is 35.5. The molecule has 0 fully saturated rings. The fraction of sp³-hybridized carbons (Fsp3) is 0.0556. The van der Waals surface area contributed by atoms with Crippen LogP contribution >= 0.6 is 22.9 Å². The molecule has 0 unspecified atom stereocenters. The van der Waals surface area contributed by atoms with Crippen LogP contribution in [0.15, 0.2) is 60.2 Å². The van der Waals surface area contributed by atoms with Gasteiger partial charge in [-0.2, -0.15) is 0 Å². The molecule has 0 atom stereocenters. The van der Waals surface area contributed by atoms with E-state index in [0.29, 0.717) is 10.7 Å². The van der Waals surface area contributed by atoms with Crippen LogP contribution < -0.4 is 0 Å². The summed E-state index contributed by atoms with van der Waals surface area (Å²) in [4.78, 5) is 20.9. The van der Waals surface area contributed by atoms with Gasteiger partial charge in [0.05, 0.1) is 5.69 Å². The first-order valence-electron chi connectivity index (χ1n) is 7.50. The van der Waals surface area contributed by atoms with Gasteiger partial charge >= 0.3 is 5.97 Å². The van der Waals surface area contributed by atoms with Crippen LogP contribution in [0.2, 0.25) is 5.02 Å². The molecule has 4 aromatic rings. The number of rotatable bonds is 4. The third-order valence-corrected chi connectivity index (χ3v) is 4.68. The summed E-state index contributed by atoms with van der Waals surface area (Å²) in [6, 6.07) is 13.1. The molecule has 0 spiro atoms. The van der Waals surface area contributed by atoms with E-state index in [0.717, 1.165) is 16.2 Å². The predicted octanol–water partition coefficient (Wildman–Crippen LogP) is 4.47. The summed E-state index contributed by atoms with van der Waals surface area (Å²) in [5.41, 5.74) is 2.65. The standard InChI is InChI=1S/C18H12ClN3O2S/c19-13-5-3-4-12(8-13)17-21-15(11-25-17)18(23)24-10-14-9-22-7-2-1-6-16(22)20-14/h1-9,11H,10H2. The summed E-state index contributed by atoms with van der Waals surface area (Å²) in [6.07, 6.45) is 3.73. The maximum Gasteiger partial charge on any atom is 0.358 e. The first-order chi connectivity index (χ1) is 12.2. The van der Waals surface area contributed by atoms with Gasteiger partial charge in [0.15, 0.2) is 5.69 Å². The highest BCUT2D eigenvalue weighted by Crippen LogP contribution is 2.26. The molecule has 0 N–H and O–H groups in total. The molecule has 7 heteroatoms. The van der Waals surface area contributed by atoms with Crippen LogP contribution in [0.5, 0.6) is 0 Å². The molecule has 0 bridgehead atoms. The zero-order valence-corrected chi connectivity index (χ0v) is 14.5. The van der Waals surface area contributed by atoms with Crippen LogP contribution in [0.3, 0.4) is 0 Å². The summed E-state index contributed by atoms with van der Waals surface area (Å²) >= 11 is 7.37.